The average molecular weight is 520 g/mol. The number of hydrogen-bond acceptors (Lipinski definition) is 0. The van der Waals surface area contributed by atoms with Crippen LogP contribution < -0.4 is 0 Å². The number of rotatable bonds is 1. The van der Waals surface area contributed by atoms with E-state index in [1.54, 1.807) is 0 Å². The molecule has 0 aliphatic heterocycles. The third-order valence-electron chi connectivity index (χ3n) is 9.49. The topological polar surface area (TPSA) is 13.8 Å². The van der Waals surface area contributed by atoms with Crippen LogP contribution in [-0.2, 0) is 0 Å². The van der Waals surface area contributed by atoms with Crippen molar-refractivity contribution in [1.82, 2.24) is 13.4 Å². The van der Waals surface area contributed by atoms with Crippen molar-refractivity contribution >= 4 is 87.1 Å². The Morgan fingerprint density at radius 3 is 2.00 bits per heavy atom. The van der Waals surface area contributed by atoms with E-state index in [0.29, 0.717) is 0 Å². The molecule has 0 unspecified atom stereocenters. The summed E-state index contributed by atoms with van der Waals surface area (Å²) in [5, 5.41) is 11.8. The predicted octanol–water partition coefficient (Wildman–Crippen LogP) is 9.93. The molecule has 5 heterocycles. The van der Waals surface area contributed by atoms with Crippen LogP contribution in [0.3, 0.4) is 0 Å². The second kappa shape index (κ2) is 6.78. The van der Waals surface area contributed by atoms with Gasteiger partial charge in [0.1, 0.15) is 0 Å². The van der Waals surface area contributed by atoms with Gasteiger partial charge in [-0.2, -0.15) is 0 Å². The smallest absolute Gasteiger partial charge is 0.0620 e. The van der Waals surface area contributed by atoms with Crippen LogP contribution >= 0.6 is 0 Å². The van der Waals surface area contributed by atoms with Crippen molar-refractivity contribution in [3.05, 3.63) is 128 Å². The fourth-order valence-electron chi connectivity index (χ4n) is 7.94. The lowest BCUT2D eigenvalue weighted by Gasteiger charge is -2.07. The second-order valence-corrected chi connectivity index (χ2v) is 11.4. The van der Waals surface area contributed by atoms with E-state index in [-0.39, 0.29) is 0 Å². The molecular formula is C38H21N3. The first-order valence-corrected chi connectivity index (χ1v) is 14.2. The summed E-state index contributed by atoms with van der Waals surface area (Å²) < 4.78 is 7.33. The van der Waals surface area contributed by atoms with Crippen molar-refractivity contribution in [3.63, 3.8) is 0 Å². The van der Waals surface area contributed by atoms with Gasteiger partial charge in [-0.1, -0.05) is 72.8 Å². The maximum absolute atomic E-state index is 2.48. The minimum atomic E-state index is 1.19. The number of aromatic nitrogens is 3. The van der Waals surface area contributed by atoms with Gasteiger partial charge in [0.15, 0.2) is 0 Å². The van der Waals surface area contributed by atoms with Crippen LogP contribution in [0.15, 0.2) is 128 Å². The van der Waals surface area contributed by atoms with E-state index in [9.17, 15) is 0 Å². The van der Waals surface area contributed by atoms with Gasteiger partial charge in [-0.15, -0.1) is 0 Å². The first kappa shape index (κ1) is 20.4. The van der Waals surface area contributed by atoms with E-state index in [1.807, 2.05) is 0 Å². The Morgan fingerprint density at radius 1 is 0.390 bits per heavy atom. The Hall–Kier alpha value is -5.54. The zero-order valence-electron chi connectivity index (χ0n) is 22.0. The first-order valence-electron chi connectivity index (χ1n) is 14.2. The molecule has 41 heavy (non-hydrogen) atoms. The minimum Gasteiger partial charge on any atom is -0.315 e. The highest BCUT2D eigenvalue weighted by molar-refractivity contribution is 6.34. The number of benzene rings is 6. The lowest BCUT2D eigenvalue weighted by Crippen LogP contribution is -1.92. The monoisotopic (exact) mass is 519 g/mol. The highest BCUT2D eigenvalue weighted by atomic mass is 15.0. The van der Waals surface area contributed by atoms with Crippen LogP contribution in [0.5, 0.6) is 0 Å². The van der Waals surface area contributed by atoms with E-state index in [2.05, 4.69) is 141 Å². The minimum absolute atomic E-state index is 1.19. The molecule has 0 aliphatic carbocycles. The summed E-state index contributed by atoms with van der Waals surface area (Å²) in [6, 6.07) is 44.8. The molecule has 188 valence electrons. The molecule has 0 fully saturated rings. The van der Waals surface area contributed by atoms with Crippen LogP contribution in [0.2, 0.25) is 0 Å². The van der Waals surface area contributed by atoms with Gasteiger partial charge in [-0.25, -0.2) is 0 Å². The van der Waals surface area contributed by atoms with Gasteiger partial charge in [0, 0.05) is 60.4 Å². The molecule has 6 aromatic carbocycles. The molecule has 11 rings (SSSR count). The van der Waals surface area contributed by atoms with E-state index < -0.39 is 0 Å². The molecule has 0 aliphatic rings. The van der Waals surface area contributed by atoms with Crippen LogP contribution in [0, 0.1) is 0 Å². The maximum atomic E-state index is 2.48. The molecule has 0 atom stereocenters. The lowest BCUT2D eigenvalue weighted by atomic mass is 10.0. The Balaban J connectivity index is 1.41. The second-order valence-electron chi connectivity index (χ2n) is 11.4. The molecule has 0 N–H and O–H groups in total. The van der Waals surface area contributed by atoms with E-state index >= 15 is 0 Å². The Bertz CT molecular complexity index is 2840. The fourth-order valence-corrected chi connectivity index (χ4v) is 7.94. The molecule has 5 aromatic heterocycles. The molecular weight excluding hydrogens is 498 g/mol. The van der Waals surface area contributed by atoms with Crippen molar-refractivity contribution < 1.29 is 0 Å². The Kier molecular flexibility index (Phi) is 3.37. The highest BCUT2D eigenvalue weighted by Gasteiger charge is 2.23. The molecule has 11 aromatic rings. The molecule has 0 saturated heterocycles. The normalized spacial score (nSPS) is 12.9. The van der Waals surface area contributed by atoms with Crippen molar-refractivity contribution in [2.24, 2.45) is 0 Å². The fraction of sp³-hybridized carbons (Fsp3) is 0. The number of para-hydroxylation sites is 4. The molecule has 3 nitrogen and oxygen atoms in total. The van der Waals surface area contributed by atoms with Crippen LogP contribution in [0.1, 0.15) is 0 Å². The standard InChI is InChI=1S/C38H21N3/c1-2-9-23(10-3-1)40-31-16-7-5-12-27(31)35-34(40)19-22-17-18-39-32-21-33-28(20-29(32)36(35)37(22)39)26-14-8-13-25-24-11-4-6-15-30(24)41(33)38(25)26/h1-21H. The summed E-state index contributed by atoms with van der Waals surface area (Å²) in [6.07, 6.45) is 2.26. The molecule has 0 radical (unpaired) electrons. The van der Waals surface area contributed by atoms with Crippen molar-refractivity contribution in [3.8, 4) is 5.69 Å². The summed E-state index contributed by atoms with van der Waals surface area (Å²) in [6.45, 7) is 0. The lowest BCUT2D eigenvalue weighted by molar-refractivity contribution is 1.18. The SMILES string of the molecule is c1ccc(-n2c3ccccc3c3c4c5cc6c7cccc8c9ccccc9n(c6cc5n5ccc(cc32)c45)c87)cc1. The summed E-state index contributed by atoms with van der Waals surface area (Å²) in [4.78, 5) is 0. The molecule has 3 heteroatoms. The summed E-state index contributed by atoms with van der Waals surface area (Å²) in [5.74, 6) is 0. The van der Waals surface area contributed by atoms with Crippen LogP contribution in [-0.4, -0.2) is 13.4 Å². The Labute approximate surface area is 233 Å². The van der Waals surface area contributed by atoms with Crippen molar-refractivity contribution in [2.75, 3.05) is 0 Å². The number of hydrogen-bond donors (Lipinski definition) is 0. The van der Waals surface area contributed by atoms with Gasteiger partial charge in [-0.05, 0) is 48.5 Å². The van der Waals surface area contributed by atoms with Gasteiger partial charge in [-0.3, -0.25) is 0 Å². The zero-order valence-corrected chi connectivity index (χ0v) is 22.0. The third-order valence-corrected chi connectivity index (χ3v) is 9.49. The third kappa shape index (κ3) is 2.23. The average Bonchev–Trinajstić information content (AvgIpc) is 3.81. The maximum Gasteiger partial charge on any atom is 0.0620 e. The van der Waals surface area contributed by atoms with Crippen molar-refractivity contribution in [1.29, 1.82) is 0 Å². The van der Waals surface area contributed by atoms with Gasteiger partial charge >= 0.3 is 0 Å². The molecule has 0 amide bonds. The summed E-state index contributed by atoms with van der Waals surface area (Å²) >= 11 is 0. The quantitative estimate of drug-likeness (QED) is 0.205. The van der Waals surface area contributed by atoms with Gasteiger partial charge in [0.2, 0.25) is 0 Å². The van der Waals surface area contributed by atoms with Crippen LogP contribution in [0.4, 0.5) is 0 Å². The zero-order chi connectivity index (χ0) is 26.4. The highest BCUT2D eigenvalue weighted by Crippen LogP contribution is 2.46. The van der Waals surface area contributed by atoms with E-state index in [1.165, 1.54) is 92.8 Å². The van der Waals surface area contributed by atoms with Crippen LogP contribution in [0.25, 0.3) is 92.8 Å². The first-order chi connectivity index (χ1) is 20.4. The van der Waals surface area contributed by atoms with E-state index in [4.69, 9.17) is 0 Å². The van der Waals surface area contributed by atoms with E-state index in [0.717, 1.165) is 0 Å². The number of nitrogens with zero attached hydrogens (tertiary/aromatic N) is 3. The van der Waals surface area contributed by atoms with Gasteiger partial charge in [0.05, 0.1) is 38.6 Å². The Morgan fingerprint density at radius 2 is 1.12 bits per heavy atom. The van der Waals surface area contributed by atoms with Gasteiger partial charge < -0.3 is 13.4 Å². The summed E-state index contributed by atoms with van der Waals surface area (Å²) in [7, 11) is 0. The molecule has 0 spiro atoms. The number of fused-ring (bicyclic) bond motifs is 13. The van der Waals surface area contributed by atoms with Crippen molar-refractivity contribution in [2.45, 2.75) is 0 Å². The largest absolute Gasteiger partial charge is 0.315 e. The van der Waals surface area contributed by atoms with Gasteiger partial charge in [0.25, 0.3) is 0 Å². The molecule has 0 saturated carbocycles. The predicted molar refractivity (Wildman–Crippen MR) is 173 cm³/mol. The molecule has 0 bridgehead atoms. The summed E-state index contributed by atoms with van der Waals surface area (Å²) in [5.41, 5.74) is 10.1.